The fourth-order valence-electron chi connectivity index (χ4n) is 3.35. The minimum absolute atomic E-state index is 0.158. The molecule has 0 radical (unpaired) electrons. The maximum atomic E-state index is 12.7. The standard InChI is InChI=1S/C22H23N5O2/c28-19-9-7-18(8-10-19)20-21(24-15-17-5-2-1-3-6-17)25-22(29)27(20)13-4-12-26-14-11-23-16-26/h1-3,5-11,14,16,24,28H,4,12-13,15H2,(H,25,29). The molecule has 7 nitrogen and oxygen atoms in total. The Kier molecular flexibility index (Phi) is 5.47. The van der Waals surface area contributed by atoms with E-state index in [4.69, 9.17) is 0 Å². The van der Waals surface area contributed by atoms with Crippen molar-refractivity contribution >= 4 is 5.82 Å². The molecule has 0 bridgehead atoms. The molecular weight excluding hydrogens is 366 g/mol. The molecule has 0 aliphatic heterocycles. The number of aryl methyl sites for hydroxylation is 1. The number of nitrogens with zero attached hydrogens (tertiary/aromatic N) is 3. The Morgan fingerprint density at radius 2 is 1.83 bits per heavy atom. The summed E-state index contributed by atoms with van der Waals surface area (Å²) in [6.07, 6.45) is 6.22. The third-order valence-electron chi connectivity index (χ3n) is 4.79. The smallest absolute Gasteiger partial charge is 0.327 e. The summed E-state index contributed by atoms with van der Waals surface area (Å²) in [5.74, 6) is 0.865. The van der Waals surface area contributed by atoms with Crippen LogP contribution in [-0.2, 0) is 19.6 Å². The van der Waals surface area contributed by atoms with E-state index in [1.54, 1.807) is 29.2 Å². The number of aromatic amines is 1. The lowest BCUT2D eigenvalue weighted by Gasteiger charge is -2.12. The van der Waals surface area contributed by atoms with E-state index in [0.717, 1.165) is 29.8 Å². The molecule has 4 aromatic rings. The number of imidazole rings is 2. The number of aromatic hydroxyl groups is 1. The Hall–Kier alpha value is -3.74. The van der Waals surface area contributed by atoms with Crippen molar-refractivity contribution in [2.75, 3.05) is 5.32 Å². The van der Waals surface area contributed by atoms with E-state index in [1.165, 1.54) is 0 Å². The molecule has 2 aromatic carbocycles. The summed E-state index contributed by atoms with van der Waals surface area (Å²) >= 11 is 0. The van der Waals surface area contributed by atoms with Crippen LogP contribution in [0.2, 0.25) is 0 Å². The van der Waals surface area contributed by atoms with Crippen LogP contribution in [-0.4, -0.2) is 24.2 Å². The van der Waals surface area contributed by atoms with Crippen molar-refractivity contribution in [2.45, 2.75) is 26.1 Å². The SMILES string of the molecule is O=c1[nH]c(NCc2ccccc2)c(-c2ccc(O)cc2)n1CCCn1ccnc1. The van der Waals surface area contributed by atoms with E-state index in [2.05, 4.69) is 15.3 Å². The molecule has 0 aliphatic rings. The zero-order valence-corrected chi connectivity index (χ0v) is 16.0. The summed E-state index contributed by atoms with van der Waals surface area (Å²) in [6.45, 7) is 1.94. The third kappa shape index (κ3) is 4.40. The van der Waals surface area contributed by atoms with Crippen LogP contribution in [0.25, 0.3) is 11.3 Å². The first kappa shape index (κ1) is 18.6. The number of rotatable bonds is 8. The Morgan fingerprint density at radius 3 is 2.55 bits per heavy atom. The van der Waals surface area contributed by atoms with Crippen LogP contribution in [0.4, 0.5) is 5.82 Å². The molecule has 0 saturated carbocycles. The van der Waals surface area contributed by atoms with Gasteiger partial charge in [0, 0.05) is 37.6 Å². The van der Waals surface area contributed by atoms with Gasteiger partial charge < -0.3 is 15.0 Å². The highest BCUT2D eigenvalue weighted by Gasteiger charge is 2.16. The highest BCUT2D eigenvalue weighted by atomic mass is 16.3. The van der Waals surface area contributed by atoms with Gasteiger partial charge in [-0.15, -0.1) is 0 Å². The molecule has 2 heterocycles. The molecule has 0 aliphatic carbocycles. The number of nitrogens with one attached hydrogen (secondary N) is 2. The molecule has 0 amide bonds. The van der Waals surface area contributed by atoms with Gasteiger partial charge in [-0.2, -0.15) is 0 Å². The summed E-state index contributed by atoms with van der Waals surface area (Å²) < 4.78 is 3.74. The lowest BCUT2D eigenvalue weighted by Crippen LogP contribution is -2.18. The molecule has 29 heavy (non-hydrogen) atoms. The number of hydrogen-bond acceptors (Lipinski definition) is 4. The summed E-state index contributed by atoms with van der Waals surface area (Å²) in [5.41, 5.74) is 2.61. The minimum atomic E-state index is -0.158. The summed E-state index contributed by atoms with van der Waals surface area (Å²) in [7, 11) is 0. The number of H-pyrrole nitrogens is 1. The summed E-state index contributed by atoms with van der Waals surface area (Å²) in [4.78, 5) is 19.7. The van der Waals surface area contributed by atoms with Gasteiger partial charge in [0.15, 0.2) is 0 Å². The van der Waals surface area contributed by atoms with Gasteiger partial charge in [0.25, 0.3) is 0 Å². The van der Waals surface area contributed by atoms with Crippen molar-refractivity contribution in [3.05, 3.63) is 89.4 Å². The molecule has 7 heteroatoms. The zero-order valence-electron chi connectivity index (χ0n) is 16.0. The van der Waals surface area contributed by atoms with Crippen LogP contribution in [0.15, 0.2) is 78.1 Å². The number of aromatic nitrogens is 4. The Bertz CT molecular complexity index is 1100. The molecule has 2 aromatic heterocycles. The van der Waals surface area contributed by atoms with E-state index < -0.39 is 0 Å². The second kappa shape index (κ2) is 8.52. The van der Waals surface area contributed by atoms with Gasteiger partial charge in [-0.3, -0.25) is 9.55 Å². The van der Waals surface area contributed by atoms with Crippen LogP contribution in [0.5, 0.6) is 5.75 Å². The first-order chi connectivity index (χ1) is 14.2. The first-order valence-electron chi connectivity index (χ1n) is 9.56. The van der Waals surface area contributed by atoms with Gasteiger partial charge in [-0.25, -0.2) is 9.78 Å². The molecule has 148 valence electrons. The average molecular weight is 389 g/mol. The van der Waals surface area contributed by atoms with Crippen LogP contribution in [0, 0.1) is 0 Å². The highest BCUT2D eigenvalue weighted by Crippen LogP contribution is 2.28. The van der Waals surface area contributed by atoms with Crippen molar-refractivity contribution in [1.82, 2.24) is 19.1 Å². The Labute approximate surface area is 168 Å². The molecule has 0 unspecified atom stereocenters. The molecule has 0 saturated heterocycles. The van der Waals surface area contributed by atoms with Gasteiger partial charge in [-0.1, -0.05) is 30.3 Å². The molecule has 0 atom stereocenters. The van der Waals surface area contributed by atoms with E-state index in [9.17, 15) is 9.90 Å². The number of phenols is 1. The highest BCUT2D eigenvalue weighted by molar-refractivity contribution is 5.72. The van der Waals surface area contributed by atoms with Crippen molar-refractivity contribution in [3.63, 3.8) is 0 Å². The number of benzene rings is 2. The van der Waals surface area contributed by atoms with Crippen LogP contribution in [0.1, 0.15) is 12.0 Å². The van der Waals surface area contributed by atoms with Gasteiger partial charge >= 0.3 is 5.69 Å². The van der Waals surface area contributed by atoms with E-state index in [-0.39, 0.29) is 11.4 Å². The van der Waals surface area contributed by atoms with E-state index >= 15 is 0 Å². The Balaban J connectivity index is 1.61. The van der Waals surface area contributed by atoms with Crippen molar-refractivity contribution < 1.29 is 5.11 Å². The predicted molar refractivity (Wildman–Crippen MR) is 113 cm³/mol. The van der Waals surface area contributed by atoms with Crippen LogP contribution >= 0.6 is 0 Å². The largest absolute Gasteiger partial charge is 0.508 e. The molecular formula is C22H23N5O2. The maximum absolute atomic E-state index is 12.7. The van der Waals surface area contributed by atoms with Gasteiger partial charge in [0.05, 0.1) is 12.0 Å². The lowest BCUT2D eigenvalue weighted by molar-refractivity contribution is 0.475. The first-order valence-corrected chi connectivity index (χ1v) is 9.56. The monoisotopic (exact) mass is 389 g/mol. The predicted octanol–water partition coefficient (Wildman–Crippen LogP) is 3.45. The van der Waals surface area contributed by atoms with Gasteiger partial charge in [0.1, 0.15) is 11.6 Å². The molecule has 3 N–H and O–H groups in total. The molecule has 0 fully saturated rings. The topological polar surface area (TPSA) is 87.9 Å². The fourth-order valence-corrected chi connectivity index (χ4v) is 3.35. The quantitative estimate of drug-likeness (QED) is 0.431. The summed E-state index contributed by atoms with van der Waals surface area (Å²) in [5, 5.41) is 13.0. The van der Waals surface area contributed by atoms with Crippen LogP contribution < -0.4 is 11.0 Å². The lowest BCUT2D eigenvalue weighted by atomic mass is 10.1. The fraction of sp³-hybridized carbons (Fsp3) is 0.182. The number of hydrogen-bond donors (Lipinski definition) is 3. The number of anilines is 1. The minimum Gasteiger partial charge on any atom is -0.508 e. The molecule has 4 rings (SSSR count). The van der Waals surface area contributed by atoms with Crippen LogP contribution in [0.3, 0.4) is 0 Å². The van der Waals surface area contributed by atoms with Gasteiger partial charge in [-0.05, 0) is 36.2 Å². The van der Waals surface area contributed by atoms with Gasteiger partial charge in [0.2, 0.25) is 0 Å². The van der Waals surface area contributed by atoms with E-state index in [0.29, 0.717) is 18.9 Å². The molecule has 0 spiro atoms. The second-order valence-corrected chi connectivity index (χ2v) is 6.85. The van der Waals surface area contributed by atoms with Crippen molar-refractivity contribution in [3.8, 4) is 17.0 Å². The third-order valence-corrected chi connectivity index (χ3v) is 4.79. The zero-order chi connectivity index (χ0) is 20.1. The average Bonchev–Trinajstić information content (AvgIpc) is 3.36. The number of phenolic OH excluding ortho intramolecular Hbond substituents is 1. The second-order valence-electron chi connectivity index (χ2n) is 6.85. The normalized spacial score (nSPS) is 10.9. The summed E-state index contributed by atoms with van der Waals surface area (Å²) in [6, 6.07) is 16.9. The Morgan fingerprint density at radius 1 is 1.03 bits per heavy atom. The van der Waals surface area contributed by atoms with Crippen molar-refractivity contribution in [1.29, 1.82) is 0 Å². The maximum Gasteiger partial charge on any atom is 0.327 e. The van der Waals surface area contributed by atoms with E-state index in [1.807, 2.05) is 53.2 Å². The van der Waals surface area contributed by atoms with Crippen molar-refractivity contribution in [2.24, 2.45) is 0 Å².